The van der Waals surface area contributed by atoms with Gasteiger partial charge in [-0.3, -0.25) is 0 Å². The normalized spacial score (nSPS) is 19.0. The number of aliphatic hydroxyl groups is 1. The number of rotatable bonds is 2. The van der Waals surface area contributed by atoms with Crippen LogP contribution >= 0.6 is 0 Å². The fourth-order valence-corrected chi connectivity index (χ4v) is 0.327. The lowest BCUT2D eigenvalue weighted by Crippen LogP contribution is -2.57. The van der Waals surface area contributed by atoms with Crippen LogP contribution in [0.5, 0.6) is 0 Å². The van der Waals surface area contributed by atoms with Gasteiger partial charge in [0.15, 0.2) is 0 Å². The number of alkyl halides is 7. The van der Waals surface area contributed by atoms with Gasteiger partial charge in [0.05, 0.1) is 0 Å². The van der Waals surface area contributed by atoms with Crippen LogP contribution < -0.4 is 0 Å². The summed E-state index contributed by atoms with van der Waals surface area (Å²) < 4.78 is 80.3. The highest BCUT2D eigenvalue weighted by atomic mass is 19.4. The van der Waals surface area contributed by atoms with E-state index in [-0.39, 0.29) is 0 Å². The van der Waals surface area contributed by atoms with E-state index in [1.165, 1.54) is 0 Å². The Bertz CT molecular complexity index is 142. The highest BCUT2D eigenvalue weighted by Crippen LogP contribution is 2.43. The highest BCUT2D eigenvalue weighted by molar-refractivity contribution is 4.93. The molecular weight excluding hydrogens is 197 g/mol. The minimum absolute atomic E-state index is 3.04. The molecule has 0 amide bonds. The van der Waals surface area contributed by atoms with Crippen LogP contribution in [0.4, 0.5) is 30.7 Å². The zero-order valence-electron chi connectivity index (χ0n) is 5.30. The second-order valence-electron chi connectivity index (χ2n) is 1.97. The molecule has 74 valence electrons. The van der Waals surface area contributed by atoms with E-state index in [4.69, 9.17) is 5.11 Å². The quantitative estimate of drug-likeness (QED) is 0.674. The van der Waals surface area contributed by atoms with Gasteiger partial charge in [-0.25, -0.2) is 8.78 Å². The summed E-state index contributed by atoms with van der Waals surface area (Å²) in [5.41, 5.74) is -5.53. The molecule has 1 nitrogen and oxygen atoms in total. The van der Waals surface area contributed by atoms with Gasteiger partial charge in [-0.2, -0.15) is 22.0 Å². The van der Waals surface area contributed by atoms with Crippen LogP contribution in [0.15, 0.2) is 0 Å². The van der Waals surface area contributed by atoms with Crippen molar-refractivity contribution in [2.75, 3.05) is 6.67 Å². The summed E-state index contributed by atoms with van der Waals surface area (Å²) in [5.74, 6) is 0. The van der Waals surface area contributed by atoms with Crippen molar-refractivity contribution < 1.29 is 35.8 Å². The van der Waals surface area contributed by atoms with Crippen molar-refractivity contribution in [2.45, 2.75) is 18.0 Å². The van der Waals surface area contributed by atoms with Gasteiger partial charge in [-0.05, 0) is 0 Å². The molecule has 1 atom stereocenters. The first-order valence-electron chi connectivity index (χ1n) is 2.48. The molecule has 1 unspecified atom stereocenters. The van der Waals surface area contributed by atoms with Gasteiger partial charge in [0.25, 0.3) is 0 Å². The third-order valence-electron chi connectivity index (χ3n) is 1.11. The molecule has 0 rings (SSSR count). The summed E-state index contributed by atoms with van der Waals surface area (Å²) in [6.07, 6.45) is -11.9. The standard InChI is InChI=1S/C4H3F7O/c5-1-2(6,3(7,8)9)4(10,11)12/h12H,1H2. The molecule has 0 aromatic rings. The molecule has 0 spiro atoms. The second kappa shape index (κ2) is 2.75. The molecule has 0 aliphatic heterocycles. The Kier molecular flexibility index (Phi) is 2.63. The Hall–Kier alpha value is -0.530. The smallest absolute Gasteiger partial charge is 0.333 e. The lowest BCUT2D eigenvalue weighted by atomic mass is 10.1. The predicted molar refractivity (Wildman–Crippen MR) is 23.0 cm³/mol. The molecular formula is C4H3F7O. The predicted octanol–water partition coefficient (Wildman–Crippen LogP) is 1.81. The highest BCUT2D eigenvalue weighted by Gasteiger charge is 2.71. The first kappa shape index (κ1) is 11.5. The zero-order valence-corrected chi connectivity index (χ0v) is 5.30. The molecule has 0 aliphatic carbocycles. The lowest BCUT2D eigenvalue weighted by Gasteiger charge is -2.28. The zero-order chi connectivity index (χ0) is 10.2. The van der Waals surface area contributed by atoms with Gasteiger partial charge >= 0.3 is 18.0 Å². The SMILES string of the molecule is OC(F)(F)C(F)(CF)C(F)(F)F. The van der Waals surface area contributed by atoms with E-state index in [2.05, 4.69) is 0 Å². The Labute approximate surface area is 61.8 Å². The minimum Gasteiger partial charge on any atom is -0.333 e. The van der Waals surface area contributed by atoms with Crippen molar-refractivity contribution in [2.24, 2.45) is 0 Å². The third kappa shape index (κ3) is 1.62. The van der Waals surface area contributed by atoms with E-state index in [0.29, 0.717) is 0 Å². The van der Waals surface area contributed by atoms with E-state index in [1.54, 1.807) is 0 Å². The monoisotopic (exact) mass is 200 g/mol. The molecule has 0 saturated heterocycles. The largest absolute Gasteiger partial charge is 0.433 e. The molecule has 8 heteroatoms. The van der Waals surface area contributed by atoms with Crippen LogP contribution in [-0.2, 0) is 0 Å². The topological polar surface area (TPSA) is 20.2 Å². The van der Waals surface area contributed by atoms with E-state index in [1.807, 2.05) is 0 Å². The fraction of sp³-hybridized carbons (Fsp3) is 1.00. The molecule has 0 aromatic carbocycles. The van der Waals surface area contributed by atoms with Crippen molar-refractivity contribution in [3.8, 4) is 0 Å². The second-order valence-corrected chi connectivity index (χ2v) is 1.97. The molecule has 0 saturated carbocycles. The maximum Gasteiger partial charge on any atom is 0.433 e. The van der Waals surface area contributed by atoms with Crippen molar-refractivity contribution in [3.05, 3.63) is 0 Å². The molecule has 0 fully saturated rings. The van der Waals surface area contributed by atoms with Gasteiger partial charge in [-0.1, -0.05) is 0 Å². The lowest BCUT2D eigenvalue weighted by molar-refractivity contribution is -0.370. The molecule has 1 N–H and O–H groups in total. The molecule has 0 radical (unpaired) electrons. The van der Waals surface area contributed by atoms with Gasteiger partial charge < -0.3 is 5.11 Å². The Morgan fingerprint density at radius 2 is 1.25 bits per heavy atom. The van der Waals surface area contributed by atoms with Crippen molar-refractivity contribution in [1.29, 1.82) is 0 Å². The van der Waals surface area contributed by atoms with Crippen molar-refractivity contribution >= 4 is 0 Å². The van der Waals surface area contributed by atoms with Crippen LogP contribution in [0.1, 0.15) is 0 Å². The molecule has 0 heterocycles. The van der Waals surface area contributed by atoms with E-state index >= 15 is 0 Å². The third-order valence-corrected chi connectivity index (χ3v) is 1.11. The summed E-state index contributed by atoms with van der Waals surface area (Å²) in [6, 6.07) is 0. The summed E-state index contributed by atoms with van der Waals surface area (Å²) >= 11 is 0. The maximum absolute atomic E-state index is 12.0. The van der Waals surface area contributed by atoms with Gasteiger partial charge in [0, 0.05) is 0 Å². The number of halogens is 7. The molecule has 0 bridgehead atoms. The summed E-state index contributed by atoms with van der Waals surface area (Å²) in [6.45, 7) is -3.04. The average molecular weight is 200 g/mol. The molecule has 12 heavy (non-hydrogen) atoms. The number of hydrogen-bond donors (Lipinski definition) is 1. The van der Waals surface area contributed by atoms with Crippen LogP contribution in [0, 0.1) is 0 Å². The first-order chi connectivity index (χ1) is 5.06. The summed E-state index contributed by atoms with van der Waals surface area (Å²) in [7, 11) is 0. The summed E-state index contributed by atoms with van der Waals surface area (Å²) in [5, 5.41) is 7.40. The average Bonchev–Trinajstić information content (AvgIpc) is 1.81. The first-order valence-corrected chi connectivity index (χ1v) is 2.48. The minimum atomic E-state index is -6.15. The van der Waals surface area contributed by atoms with Crippen LogP contribution in [0.25, 0.3) is 0 Å². The summed E-state index contributed by atoms with van der Waals surface area (Å²) in [4.78, 5) is 0. The molecule has 0 aromatic heterocycles. The Morgan fingerprint density at radius 1 is 0.917 bits per heavy atom. The Balaban J connectivity index is 4.95. The van der Waals surface area contributed by atoms with Gasteiger partial charge in [-0.15, -0.1) is 0 Å². The number of hydrogen-bond acceptors (Lipinski definition) is 1. The van der Waals surface area contributed by atoms with Crippen molar-refractivity contribution in [1.82, 2.24) is 0 Å². The fourth-order valence-electron chi connectivity index (χ4n) is 0.327. The van der Waals surface area contributed by atoms with Crippen LogP contribution in [0.3, 0.4) is 0 Å². The molecule has 0 aliphatic rings. The van der Waals surface area contributed by atoms with E-state index in [0.717, 1.165) is 0 Å². The van der Waals surface area contributed by atoms with Crippen molar-refractivity contribution in [3.63, 3.8) is 0 Å². The Morgan fingerprint density at radius 3 is 1.25 bits per heavy atom. The van der Waals surface area contributed by atoms with Crippen LogP contribution in [0.2, 0.25) is 0 Å². The van der Waals surface area contributed by atoms with Gasteiger partial charge in [0.2, 0.25) is 0 Å². The van der Waals surface area contributed by atoms with Crippen LogP contribution in [-0.4, -0.2) is 29.7 Å². The van der Waals surface area contributed by atoms with E-state index in [9.17, 15) is 30.7 Å². The maximum atomic E-state index is 12.0. The van der Waals surface area contributed by atoms with E-state index < -0.39 is 24.6 Å². The van der Waals surface area contributed by atoms with Gasteiger partial charge in [0.1, 0.15) is 6.67 Å².